The number of rotatable bonds is 19. The van der Waals surface area contributed by atoms with Crippen molar-refractivity contribution in [3.63, 3.8) is 0 Å². The van der Waals surface area contributed by atoms with Gasteiger partial charge in [-0.15, -0.1) is 0 Å². The monoisotopic (exact) mass is 798 g/mol. The van der Waals surface area contributed by atoms with Gasteiger partial charge in [0.2, 0.25) is 0 Å². The molecule has 312 valence electrons. The number of nitrogens with two attached hydrogens (primary N) is 1. The summed E-state index contributed by atoms with van der Waals surface area (Å²) in [4.78, 5) is 26.7. The van der Waals surface area contributed by atoms with Crippen molar-refractivity contribution in [2.45, 2.75) is 57.8 Å². The fraction of sp³-hybridized carbons (Fsp3) is 0.378. The molecule has 12 N–H and O–H groups in total. The summed E-state index contributed by atoms with van der Waals surface area (Å²) in [7, 11) is 0. The summed E-state index contributed by atoms with van der Waals surface area (Å²) in [5, 5.41) is 76.8. The number of benzene rings is 5. The molecular weight excluding hydrogens is 741 g/mol. The molecule has 1 aliphatic carbocycles. The van der Waals surface area contributed by atoms with Crippen LogP contribution in [-0.2, 0) is 0 Å². The smallest absolute Gasteiger partial charge is 0.196 e. The number of anilines is 2. The van der Waals surface area contributed by atoms with Gasteiger partial charge in [0.15, 0.2) is 11.6 Å². The third-order valence-corrected chi connectivity index (χ3v) is 9.79. The molecule has 6 rings (SSSR count). The van der Waals surface area contributed by atoms with Crippen molar-refractivity contribution >= 4 is 44.5 Å². The zero-order valence-corrected chi connectivity index (χ0v) is 33.0. The van der Waals surface area contributed by atoms with Gasteiger partial charge in [-0.05, 0) is 69.5 Å². The van der Waals surface area contributed by atoms with E-state index in [0.717, 1.165) is 64.5 Å². The molecule has 0 aliphatic heterocycles. The van der Waals surface area contributed by atoms with Crippen molar-refractivity contribution in [1.29, 1.82) is 0 Å². The molecule has 0 aromatic heterocycles. The van der Waals surface area contributed by atoms with E-state index in [9.17, 15) is 30.0 Å². The number of fused-ring (bicyclic) bond motifs is 4. The Labute approximate surface area is 339 Å². The quantitative estimate of drug-likeness (QED) is 0.0252. The molecule has 0 saturated carbocycles. The van der Waals surface area contributed by atoms with Gasteiger partial charge in [-0.1, -0.05) is 74.2 Å². The molecule has 0 fully saturated rings. The van der Waals surface area contributed by atoms with Crippen molar-refractivity contribution < 1.29 is 45.3 Å². The van der Waals surface area contributed by atoms with Crippen LogP contribution in [0.25, 0.3) is 21.5 Å². The summed E-state index contributed by atoms with van der Waals surface area (Å²) in [5.41, 5.74) is 8.33. The first-order valence-corrected chi connectivity index (χ1v) is 20.0. The Kier molecular flexibility index (Phi) is 18.5. The lowest BCUT2D eigenvalue weighted by Crippen LogP contribution is -2.27. The Balaban J connectivity index is 0.000000238. The molecule has 0 bridgehead atoms. The van der Waals surface area contributed by atoms with Crippen molar-refractivity contribution in [2.24, 2.45) is 5.73 Å². The minimum absolute atomic E-state index is 0.0474. The van der Waals surface area contributed by atoms with E-state index >= 15 is 0 Å². The molecule has 13 nitrogen and oxygen atoms in total. The van der Waals surface area contributed by atoms with Crippen LogP contribution in [0.4, 0.5) is 11.4 Å². The molecule has 0 unspecified atom stereocenters. The van der Waals surface area contributed by atoms with E-state index in [1.54, 1.807) is 48.5 Å². The number of aliphatic hydroxyl groups is 3. The average molecular weight is 799 g/mol. The minimum Gasteiger partial charge on any atom is -0.507 e. The number of aliphatic hydroxyl groups excluding tert-OH is 3. The zero-order valence-electron chi connectivity index (χ0n) is 33.0. The molecule has 5 aromatic carbocycles. The van der Waals surface area contributed by atoms with Gasteiger partial charge in [-0.2, -0.15) is 0 Å². The van der Waals surface area contributed by atoms with Gasteiger partial charge in [-0.3, -0.25) is 9.59 Å². The molecule has 58 heavy (non-hydrogen) atoms. The van der Waals surface area contributed by atoms with E-state index in [1.165, 1.54) is 12.1 Å². The van der Waals surface area contributed by atoms with Crippen LogP contribution in [0.5, 0.6) is 23.0 Å². The average Bonchev–Trinajstić information content (AvgIpc) is 3.24. The van der Waals surface area contributed by atoms with Crippen LogP contribution in [0, 0.1) is 0 Å². The molecule has 5 aromatic rings. The van der Waals surface area contributed by atoms with Crippen molar-refractivity contribution in [3.05, 3.63) is 95.1 Å². The third-order valence-electron chi connectivity index (χ3n) is 9.79. The molecule has 13 heteroatoms. The van der Waals surface area contributed by atoms with E-state index in [4.69, 9.17) is 21.1 Å². The summed E-state index contributed by atoms with van der Waals surface area (Å²) in [6.07, 6.45) is 8.69. The number of carbonyl (C=O) groups is 2. The number of phenols is 4. The van der Waals surface area contributed by atoms with Crippen LogP contribution in [0.3, 0.4) is 0 Å². The van der Waals surface area contributed by atoms with Crippen LogP contribution < -0.4 is 21.7 Å². The van der Waals surface area contributed by atoms with Crippen LogP contribution in [0.1, 0.15) is 89.6 Å². The maximum absolute atomic E-state index is 13.4. The second kappa shape index (κ2) is 23.7. The van der Waals surface area contributed by atoms with Gasteiger partial charge in [0.1, 0.15) is 23.0 Å². The second-order valence-corrected chi connectivity index (χ2v) is 14.0. The van der Waals surface area contributed by atoms with Crippen LogP contribution >= 0.6 is 0 Å². The minimum atomic E-state index is -0.193. The largest absolute Gasteiger partial charge is 0.507 e. The Morgan fingerprint density at radius 1 is 0.466 bits per heavy atom. The van der Waals surface area contributed by atoms with Crippen LogP contribution in [0.15, 0.2) is 72.8 Å². The predicted octanol–water partition coefficient (Wildman–Crippen LogP) is 6.12. The highest BCUT2D eigenvalue weighted by Gasteiger charge is 2.33. The number of ketones is 2. The fourth-order valence-corrected chi connectivity index (χ4v) is 6.78. The van der Waals surface area contributed by atoms with E-state index in [0.29, 0.717) is 77.1 Å². The van der Waals surface area contributed by atoms with E-state index < -0.39 is 0 Å². The lowest BCUT2D eigenvalue weighted by molar-refractivity contribution is 0.0980. The first-order valence-electron chi connectivity index (χ1n) is 20.0. The van der Waals surface area contributed by atoms with Gasteiger partial charge in [0, 0.05) is 72.7 Å². The second-order valence-electron chi connectivity index (χ2n) is 14.0. The zero-order chi connectivity index (χ0) is 41.9. The van der Waals surface area contributed by atoms with E-state index in [1.807, 2.05) is 12.1 Å². The lowest BCUT2D eigenvalue weighted by atomic mass is 9.82. The number of carbonyl (C=O) groups excluding carboxylic acids is 2. The summed E-state index contributed by atoms with van der Waals surface area (Å²) < 4.78 is 0. The Morgan fingerprint density at radius 3 is 1.40 bits per heavy atom. The molecular formula is C45H58N4O9. The van der Waals surface area contributed by atoms with Crippen molar-refractivity contribution in [1.82, 2.24) is 5.32 Å². The maximum atomic E-state index is 13.4. The summed E-state index contributed by atoms with van der Waals surface area (Å²) >= 11 is 0. The summed E-state index contributed by atoms with van der Waals surface area (Å²) in [6.45, 7) is 4.17. The van der Waals surface area contributed by atoms with Crippen LogP contribution in [-0.4, -0.2) is 99.9 Å². The van der Waals surface area contributed by atoms with Gasteiger partial charge < -0.3 is 57.4 Å². The normalized spacial score (nSPS) is 11.7. The van der Waals surface area contributed by atoms with Gasteiger partial charge >= 0.3 is 0 Å². The van der Waals surface area contributed by atoms with Crippen molar-refractivity contribution in [2.75, 3.05) is 63.2 Å². The van der Waals surface area contributed by atoms with Gasteiger partial charge in [0.25, 0.3) is 0 Å². The highest BCUT2D eigenvalue weighted by Crippen LogP contribution is 2.48. The Morgan fingerprint density at radius 2 is 0.914 bits per heavy atom. The van der Waals surface area contributed by atoms with Gasteiger partial charge in [0.05, 0.1) is 21.9 Å². The summed E-state index contributed by atoms with van der Waals surface area (Å²) in [5.74, 6) is -0.985. The first kappa shape index (κ1) is 45.3. The fourth-order valence-electron chi connectivity index (χ4n) is 6.78. The lowest BCUT2D eigenvalue weighted by Gasteiger charge is -2.24. The third kappa shape index (κ3) is 11.6. The molecule has 1 aliphatic rings. The van der Waals surface area contributed by atoms with Crippen molar-refractivity contribution in [3.8, 4) is 23.0 Å². The molecule has 0 radical (unpaired) electrons. The number of phenolic OH excluding ortho intramolecular Hbond substituents is 4. The Bertz CT molecular complexity index is 1960. The summed E-state index contributed by atoms with van der Waals surface area (Å²) in [6, 6.07) is 19.9. The Hall–Kier alpha value is -5.44. The number of nitrogens with one attached hydrogen (secondary N) is 3. The molecule has 0 heterocycles. The number of hydrogen-bond acceptors (Lipinski definition) is 13. The van der Waals surface area contributed by atoms with Gasteiger partial charge in [-0.25, -0.2) is 0 Å². The molecule has 0 atom stereocenters. The number of unbranched alkanes of at least 4 members (excludes halogenated alkanes) is 6. The molecule has 0 saturated heterocycles. The van der Waals surface area contributed by atoms with E-state index in [-0.39, 0.29) is 58.6 Å². The van der Waals surface area contributed by atoms with Crippen LogP contribution in [0.2, 0.25) is 0 Å². The maximum Gasteiger partial charge on any atom is 0.196 e. The SMILES string of the molecule is NCCCCCCO.O=C1c2ccccc2C(=O)c2c(NCCNCCCO)ccc(NCCCCCCO)c21.Oc1ccc(O)c2c(O)c3ccccc3c(O)c12. The number of aromatic hydroxyl groups is 4. The first-order chi connectivity index (χ1) is 28.2. The topological polar surface area (TPSA) is 238 Å². The number of hydrogen-bond donors (Lipinski definition) is 11. The molecule has 0 amide bonds. The highest BCUT2D eigenvalue weighted by molar-refractivity contribution is 6.32. The standard InChI is InChI=1S/C25H33N3O4.C14H10O4.C6H15NO/c29-16-6-2-1-5-13-27-20-10-11-21(28-15-14-26-12-7-17-30)23-22(20)24(31)18-8-3-4-9-19(18)25(23)32;15-9-5-6-10(16)12-11(9)13(17)7-3-1-2-4-8(7)14(12)18;7-5-3-1-2-4-6-8/h3-4,8-11,26-30H,1-2,5-7,12-17H2;1-6,15-18H;8H,1-7H2. The molecule has 0 spiro atoms. The highest BCUT2D eigenvalue weighted by atomic mass is 16.3. The predicted molar refractivity (Wildman–Crippen MR) is 230 cm³/mol. The van der Waals surface area contributed by atoms with E-state index in [2.05, 4.69) is 16.0 Å².